The van der Waals surface area contributed by atoms with Crippen molar-refractivity contribution in [2.24, 2.45) is 5.92 Å². The average molecular weight is 241 g/mol. The molecule has 0 bridgehead atoms. The van der Waals surface area contributed by atoms with Gasteiger partial charge in [-0.15, -0.1) is 0 Å². The van der Waals surface area contributed by atoms with E-state index in [1.165, 1.54) is 32.1 Å². The molecule has 100 valence electrons. The van der Waals surface area contributed by atoms with Crippen LogP contribution in [-0.4, -0.2) is 38.5 Å². The van der Waals surface area contributed by atoms with Gasteiger partial charge in [0, 0.05) is 33.2 Å². The Morgan fingerprint density at radius 2 is 2.12 bits per heavy atom. The van der Waals surface area contributed by atoms with Gasteiger partial charge in [-0.25, -0.2) is 0 Å². The molecule has 2 atom stereocenters. The maximum absolute atomic E-state index is 6.30. The third kappa shape index (κ3) is 3.94. The fourth-order valence-electron chi connectivity index (χ4n) is 3.20. The van der Waals surface area contributed by atoms with E-state index in [1.54, 1.807) is 7.11 Å². The van der Waals surface area contributed by atoms with Crippen molar-refractivity contribution in [3.05, 3.63) is 0 Å². The van der Waals surface area contributed by atoms with Gasteiger partial charge in [0.2, 0.25) is 0 Å². The van der Waals surface area contributed by atoms with Crippen molar-refractivity contribution in [2.75, 3.05) is 26.8 Å². The molecule has 0 aromatic carbocycles. The Morgan fingerprint density at radius 1 is 1.35 bits per heavy atom. The van der Waals surface area contributed by atoms with Crippen LogP contribution in [0.3, 0.4) is 0 Å². The monoisotopic (exact) mass is 241 g/mol. The Bertz CT molecular complexity index is 228. The maximum atomic E-state index is 6.30. The number of rotatable bonds is 5. The molecule has 2 unspecified atom stereocenters. The molecule has 0 aromatic rings. The van der Waals surface area contributed by atoms with Gasteiger partial charge in [0.15, 0.2) is 0 Å². The van der Waals surface area contributed by atoms with Crippen LogP contribution in [0.15, 0.2) is 0 Å². The molecular weight excluding hydrogens is 214 g/mol. The van der Waals surface area contributed by atoms with Crippen LogP contribution in [0.25, 0.3) is 0 Å². The van der Waals surface area contributed by atoms with Gasteiger partial charge in [0.1, 0.15) is 0 Å². The molecule has 1 aliphatic heterocycles. The molecule has 1 saturated carbocycles. The molecule has 1 heterocycles. The van der Waals surface area contributed by atoms with Crippen molar-refractivity contribution >= 4 is 0 Å². The largest absolute Gasteiger partial charge is 0.385 e. The van der Waals surface area contributed by atoms with Crippen LogP contribution in [0, 0.1) is 5.92 Å². The van der Waals surface area contributed by atoms with Crippen LogP contribution in [0.5, 0.6) is 0 Å². The molecule has 0 radical (unpaired) electrons. The first kappa shape index (κ1) is 13.3. The lowest BCUT2D eigenvalue weighted by Crippen LogP contribution is -2.53. The smallest absolute Gasteiger partial charge is 0.0804 e. The molecule has 2 fully saturated rings. The first-order valence-electron chi connectivity index (χ1n) is 7.09. The summed E-state index contributed by atoms with van der Waals surface area (Å²) in [5.41, 5.74) is -0.0302. The molecule has 1 aliphatic carbocycles. The van der Waals surface area contributed by atoms with Crippen molar-refractivity contribution in [1.82, 2.24) is 5.32 Å². The predicted molar refractivity (Wildman–Crippen MR) is 69.2 cm³/mol. The molecule has 0 amide bonds. The number of hydrogen-bond donors (Lipinski definition) is 1. The van der Waals surface area contributed by atoms with E-state index in [-0.39, 0.29) is 5.60 Å². The maximum Gasteiger partial charge on any atom is 0.0804 e. The summed E-state index contributed by atoms with van der Waals surface area (Å²) in [5.74, 6) is 0.909. The molecule has 1 saturated heterocycles. The minimum atomic E-state index is -0.0302. The van der Waals surface area contributed by atoms with E-state index >= 15 is 0 Å². The Labute approximate surface area is 105 Å². The fourth-order valence-corrected chi connectivity index (χ4v) is 3.20. The SMILES string of the molecule is COCCC1(C)CNCC(CC2CCCC2)O1. The van der Waals surface area contributed by atoms with Gasteiger partial charge in [-0.05, 0) is 19.3 Å². The highest BCUT2D eigenvalue weighted by molar-refractivity contribution is 4.86. The van der Waals surface area contributed by atoms with Crippen LogP contribution in [-0.2, 0) is 9.47 Å². The number of nitrogens with one attached hydrogen (secondary N) is 1. The van der Waals surface area contributed by atoms with E-state index < -0.39 is 0 Å². The standard InChI is InChI=1S/C14H27NO2/c1-14(7-8-16-2)11-15-10-13(17-14)9-12-5-3-4-6-12/h12-13,15H,3-11H2,1-2H3. The van der Waals surface area contributed by atoms with Crippen LogP contribution in [0.1, 0.15) is 45.4 Å². The van der Waals surface area contributed by atoms with E-state index in [0.29, 0.717) is 6.10 Å². The Balaban J connectivity index is 1.78. The predicted octanol–water partition coefficient (Wildman–Crippen LogP) is 2.35. The summed E-state index contributed by atoms with van der Waals surface area (Å²) in [6, 6.07) is 0. The summed E-state index contributed by atoms with van der Waals surface area (Å²) in [4.78, 5) is 0. The van der Waals surface area contributed by atoms with E-state index in [2.05, 4.69) is 12.2 Å². The molecule has 3 nitrogen and oxygen atoms in total. The van der Waals surface area contributed by atoms with E-state index in [9.17, 15) is 0 Å². The van der Waals surface area contributed by atoms with Gasteiger partial charge in [0.25, 0.3) is 0 Å². The summed E-state index contributed by atoms with van der Waals surface area (Å²) in [7, 11) is 1.76. The molecular formula is C14H27NO2. The molecule has 2 aliphatic rings. The summed E-state index contributed by atoms with van der Waals surface area (Å²) in [6.45, 7) is 4.98. The van der Waals surface area contributed by atoms with E-state index in [1.807, 2.05) is 0 Å². The zero-order chi connectivity index (χ0) is 12.1. The minimum absolute atomic E-state index is 0.0302. The van der Waals surface area contributed by atoms with Crippen molar-refractivity contribution in [3.8, 4) is 0 Å². The molecule has 1 N–H and O–H groups in total. The second-order valence-electron chi connectivity index (χ2n) is 5.95. The van der Waals surface area contributed by atoms with Gasteiger partial charge >= 0.3 is 0 Å². The summed E-state index contributed by atoms with van der Waals surface area (Å²) >= 11 is 0. The van der Waals surface area contributed by atoms with Gasteiger partial charge in [-0.1, -0.05) is 25.7 Å². The van der Waals surface area contributed by atoms with E-state index in [0.717, 1.165) is 32.0 Å². The highest BCUT2D eigenvalue weighted by Gasteiger charge is 2.33. The minimum Gasteiger partial charge on any atom is -0.385 e. The summed E-state index contributed by atoms with van der Waals surface area (Å²) in [6.07, 6.45) is 8.31. The van der Waals surface area contributed by atoms with Crippen molar-refractivity contribution in [3.63, 3.8) is 0 Å². The lowest BCUT2D eigenvalue weighted by Gasteiger charge is -2.40. The van der Waals surface area contributed by atoms with Gasteiger partial charge in [-0.3, -0.25) is 0 Å². The highest BCUT2D eigenvalue weighted by Crippen LogP contribution is 2.31. The number of ether oxygens (including phenoxy) is 2. The van der Waals surface area contributed by atoms with Crippen molar-refractivity contribution in [2.45, 2.75) is 57.2 Å². The molecule has 0 aromatic heterocycles. The molecule has 0 spiro atoms. The van der Waals surface area contributed by atoms with Crippen molar-refractivity contribution in [1.29, 1.82) is 0 Å². The highest BCUT2D eigenvalue weighted by atomic mass is 16.5. The third-order valence-electron chi connectivity index (χ3n) is 4.23. The zero-order valence-electron chi connectivity index (χ0n) is 11.3. The van der Waals surface area contributed by atoms with Gasteiger partial charge in [-0.2, -0.15) is 0 Å². The molecule has 3 heteroatoms. The summed E-state index contributed by atoms with van der Waals surface area (Å²) in [5, 5.41) is 3.53. The Morgan fingerprint density at radius 3 is 2.82 bits per heavy atom. The van der Waals surface area contributed by atoms with Gasteiger partial charge in [0.05, 0.1) is 11.7 Å². The topological polar surface area (TPSA) is 30.5 Å². The second kappa shape index (κ2) is 6.17. The Kier molecular flexibility index (Phi) is 4.83. The van der Waals surface area contributed by atoms with Crippen LogP contribution < -0.4 is 5.32 Å². The average Bonchev–Trinajstić information content (AvgIpc) is 2.79. The van der Waals surface area contributed by atoms with E-state index in [4.69, 9.17) is 9.47 Å². The lowest BCUT2D eigenvalue weighted by atomic mass is 9.95. The lowest BCUT2D eigenvalue weighted by molar-refractivity contribution is -0.122. The Hall–Kier alpha value is -0.120. The number of hydrogen-bond acceptors (Lipinski definition) is 3. The normalized spacial score (nSPS) is 35.3. The van der Waals surface area contributed by atoms with Crippen LogP contribution >= 0.6 is 0 Å². The zero-order valence-corrected chi connectivity index (χ0v) is 11.3. The quantitative estimate of drug-likeness (QED) is 0.801. The number of methoxy groups -OCH3 is 1. The second-order valence-corrected chi connectivity index (χ2v) is 5.95. The van der Waals surface area contributed by atoms with Crippen molar-refractivity contribution < 1.29 is 9.47 Å². The fraction of sp³-hybridized carbons (Fsp3) is 1.00. The van der Waals surface area contributed by atoms with Gasteiger partial charge < -0.3 is 14.8 Å². The first-order chi connectivity index (χ1) is 8.22. The summed E-state index contributed by atoms with van der Waals surface area (Å²) < 4.78 is 11.5. The van der Waals surface area contributed by atoms with Crippen LogP contribution in [0.4, 0.5) is 0 Å². The van der Waals surface area contributed by atoms with Crippen LogP contribution in [0.2, 0.25) is 0 Å². The molecule has 17 heavy (non-hydrogen) atoms. The first-order valence-corrected chi connectivity index (χ1v) is 7.09. The molecule has 2 rings (SSSR count). The number of morpholine rings is 1. The third-order valence-corrected chi connectivity index (χ3v) is 4.23.